The summed E-state index contributed by atoms with van der Waals surface area (Å²) in [5, 5.41) is 11.6. The number of carbonyl (C=O) groups is 3. The molecule has 4 N–H and O–H groups in total. The number of nitrogens with two attached hydrogens (primary N) is 1. The maximum atomic E-state index is 12.0. The fourth-order valence-corrected chi connectivity index (χ4v) is 1.50. The van der Waals surface area contributed by atoms with Crippen LogP contribution in [0.2, 0.25) is 5.02 Å². The van der Waals surface area contributed by atoms with Gasteiger partial charge in [-0.25, -0.2) is 4.79 Å². The fourth-order valence-electron chi connectivity index (χ4n) is 1.37. The maximum absolute atomic E-state index is 12.0. The Kier molecular flexibility index (Phi) is 5.33. The first-order valence-corrected chi connectivity index (χ1v) is 6.03. The first-order valence-electron chi connectivity index (χ1n) is 5.66. The van der Waals surface area contributed by atoms with E-state index in [0.29, 0.717) is 10.7 Å². The Morgan fingerprint density at radius 3 is 2.35 bits per heavy atom. The lowest BCUT2D eigenvalue weighted by Gasteiger charge is -2.23. The minimum Gasteiger partial charge on any atom is -0.480 e. The summed E-state index contributed by atoms with van der Waals surface area (Å²) < 4.78 is 0. The molecule has 1 unspecified atom stereocenters. The summed E-state index contributed by atoms with van der Waals surface area (Å²) in [5.74, 6) is -1.91. The summed E-state index contributed by atoms with van der Waals surface area (Å²) in [6.45, 7) is 0.847. The molecule has 1 atom stereocenters. The number of benzene rings is 1. The van der Waals surface area contributed by atoms with Crippen LogP contribution in [0.3, 0.4) is 0 Å². The van der Waals surface area contributed by atoms with Crippen LogP contribution in [0.1, 0.15) is 6.92 Å². The summed E-state index contributed by atoms with van der Waals surface area (Å²) in [6.07, 6.45) is 0. The van der Waals surface area contributed by atoms with Gasteiger partial charge in [0.15, 0.2) is 0 Å². The highest BCUT2D eigenvalue weighted by molar-refractivity contribution is 6.30. The largest absolute Gasteiger partial charge is 0.480 e. The second-order valence-corrected chi connectivity index (χ2v) is 4.47. The van der Waals surface area contributed by atoms with Crippen molar-refractivity contribution in [3.8, 4) is 0 Å². The molecule has 0 saturated carbocycles. The van der Waals surface area contributed by atoms with Crippen molar-refractivity contribution in [1.29, 1.82) is 0 Å². The molecule has 0 bridgehead atoms. The van der Waals surface area contributed by atoms with Gasteiger partial charge in [-0.1, -0.05) is 11.6 Å². The Morgan fingerprint density at radius 2 is 1.90 bits per heavy atom. The molecule has 0 fully saturated rings. The van der Waals surface area contributed by atoms with Gasteiger partial charge in [-0.3, -0.25) is 14.5 Å². The number of primary amides is 1. The number of nitrogens with zero attached hydrogens (tertiary/aromatic N) is 1. The second-order valence-electron chi connectivity index (χ2n) is 4.03. The van der Waals surface area contributed by atoms with Crippen molar-refractivity contribution < 1.29 is 19.5 Å². The van der Waals surface area contributed by atoms with Crippen LogP contribution in [0.5, 0.6) is 0 Å². The van der Waals surface area contributed by atoms with E-state index in [9.17, 15) is 14.4 Å². The minimum atomic E-state index is -1.19. The maximum Gasteiger partial charge on any atom is 0.323 e. The van der Waals surface area contributed by atoms with Crippen molar-refractivity contribution in [3.05, 3.63) is 29.3 Å². The number of carbonyl (C=O) groups excluding carboxylic acids is 2. The molecule has 108 valence electrons. The number of urea groups is 1. The third-order valence-electron chi connectivity index (χ3n) is 2.44. The van der Waals surface area contributed by atoms with Gasteiger partial charge >= 0.3 is 12.0 Å². The highest BCUT2D eigenvalue weighted by atomic mass is 35.5. The quantitative estimate of drug-likeness (QED) is 0.746. The van der Waals surface area contributed by atoms with Gasteiger partial charge in [0.1, 0.15) is 12.6 Å². The van der Waals surface area contributed by atoms with Crippen LogP contribution in [0.25, 0.3) is 0 Å². The van der Waals surface area contributed by atoms with Crippen molar-refractivity contribution in [2.45, 2.75) is 13.0 Å². The molecule has 0 aliphatic heterocycles. The van der Waals surface area contributed by atoms with E-state index in [1.54, 1.807) is 0 Å². The molecular formula is C12H14ClN3O4. The normalized spacial score (nSPS) is 11.5. The van der Waals surface area contributed by atoms with Crippen molar-refractivity contribution >= 4 is 35.2 Å². The lowest BCUT2D eigenvalue weighted by Crippen LogP contribution is -2.50. The van der Waals surface area contributed by atoms with Gasteiger partial charge in [0.2, 0.25) is 5.91 Å². The topological polar surface area (TPSA) is 113 Å². The first-order chi connectivity index (χ1) is 9.31. The van der Waals surface area contributed by atoms with Crippen molar-refractivity contribution in [3.63, 3.8) is 0 Å². The minimum absolute atomic E-state index is 0.339. The molecule has 8 heteroatoms. The molecule has 0 aliphatic carbocycles. The molecule has 20 heavy (non-hydrogen) atoms. The van der Waals surface area contributed by atoms with Gasteiger partial charge < -0.3 is 16.2 Å². The van der Waals surface area contributed by atoms with Gasteiger partial charge in [-0.2, -0.15) is 0 Å². The monoisotopic (exact) mass is 299 g/mol. The van der Waals surface area contributed by atoms with Gasteiger partial charge in [0.05, 0.1) is 0 Å². The molecule has 0 aromatic heterocycles. The Hall–Kier alpha value is -2.28. The van der Waals surface area contributed by atoms with Gasteiger partial charge in [-0.05, 0) is 31.2 Å². The summed E-state index contributed by atoms with van der Waals surface area (Å²) >= 11 is 5.73. The summed E-state index contributed by atoms with van der Waals surface area (Å²) in [7, 11) is 0. The zero-order chi connectivity index (χ0) is 15.3. The Labute approximate surface area is 120 Å². The molecule has 0 aliphatic rings. The number of hydrogen-bond donors (Lipinski definition) is 3. The van der Waals surface area contributed by atoms with E-state index >= 15 is 0 Å². The van der Waals surface area contributed by atoms with Crippen molar-refractivity contribution in [2.24, 2.45) is 5.73 Å². The van der Waals surface area contributed by atoms with Crippen LogP contribution in [-0.4, -0.2) is 35.6 Å². The third-order valence-corrected chi connectivity index (χ3v) is 2.70. The molecule has 0 heterocycles. The molecule has 1 aromatic carbocycles. The number of nitrogens with one attached hydrogen (secondary N) is 1. The number of hydrogen-bond acceptors (Lipinski definition) is 3. The number of amides is 3. The summed E-state index contributed by atoms with van der Waals surface area (Å²) in [6, 6.07) is 4.40. The van der Waals surface area contributed by atoms with E-state index < -0.39 is 30.5 Å². The summed E-state index contributed by atoms with van der Waals surface area (Å²) in [4.78, 5) is 34.7. The van der Waals surface area contributed by atoms with Crippen LogP contribution in [0.15, 0.2) is 24.3 Å². The van der Waals surface area contributed by atoms with E-state index in [4.69, 9.17) is 22.4 Å². The Balaban J connectivity index is 2.94. The SMILES string of the molecule is CC(NC(=O)N(CC(=O)O)c1ccc(Cl)cc1)C(N)=O. The molecule has 0 radical (unpaired) electrons. The van der Waals surface area contributed by atoms with Crippen molar-refractivity contribution in [1.82, 2.24) is 5.32 Å². The van der Waals surface area contributed by atoms with Crippen LogP contribution in [-0.2, 0) is 9.59 Å². The van der Waals surface area contributed by atoms with Gasteiger partial charge in [-0.15, -0.1) is 0 Å². The highest BCUT2D eigenvalue weighted by Gasteiger charge is 2.21. The zero-order valence-corrected chi connectivity index (χ0v) is 11.4. The third kappa shape index (κ3) is 4.43. The average Bonchev–Trinajstić information content (AvgIpc) is 2.36. The van der Waals surface area contributed by atoms with Gasteiger partial charge in [0.25, 0.3) is 0 Å². The van der Waals surface area contributed by atoms with E-state index in [2.05, 4.69) is 5.32 Å². The fraction of sp³-hybridized carbons (Fsp3) is 0.250. The first kappa shape index (κ1) is 15.8. The Morgan fingerprint density at radius 1 is 1.35 bits per heavy atom. The van der Waals surface area contributed by atoms with Gasteiger partial charge in [0, 0.05) is 10.7 Å². The molecule has 0 saturated heterocycles. The summed E-state index contributed by atoms with van der Waals surface area (Å²) in [5.41, 5.74) is 5.38. The zero-order valence-electron chi connectivity index (χ0n) is 10.7. The highest BCUT2D eigenvalue weighted by Crippen LogP contribution is 2.18. The number of carboxylic acid groups (broad SMARTS) is 1. The number of rotatable bonds is 5. The van der Waals surface area contributed by atoms with Crippen LogP contribution >= 0.6 is 11.6 Å². The lowest BCUT2D eigenvalue weighted by atomic mass is 10.3. The molecule has 7 nitrogen and oxygen atoms in total. The number of carboxylic acids is 1. The predicted molar refractivity (Wildman–Crippen MR) is 73.6 cm³/mol. The predicted octanol–water partition coefficient (Wildman–Crippen LogP) is 0.814. The van der Waals surface area contributed by atoms with E-state index in [1.807, 2.05) is 0 Å². The number of halogens is 1. The molecule has 3 amide bonds. The van der Waals surface area contributed by atoms with E-state index in [1.165, 1.54) is 31.2 Å². The molecular weight excluding hydrogens is 286 g/mol. The number of anilines is 1. The number of aliphatic carboxylic acids is 1. The van der Waals surface area contributed by atoms with E-state index in [0.717, 1.165) is 4.90 Å². The average molecular weight is 300 g/mol. The smallest absolute Gasteiger partial charge is 0.323 e. The second kappa shape index (κ2) is 6.76. The van der Waals surface area contributed by atoms with Crippen molar-refractivity contribution in [2.75, 3.05) is 11.4 Å². The Bertz CT molecular complexity index is 518. The molecule has 0 spiro atoms. The van der Waals surface area contributed by atoms with Crippen LogP contribution in [0.4, 0.5) is 10.5 Å². The molecule has 1 rings (SSSR count). The lowest BCUT2D eigenvalue weighted by molar-refractivity contribution is -0.135. The standard InChI is InChI=1S/C12H14ClN3O4/c1-7(11(14)19)15-12(20)16(6-10(17)18)9-4-2-8(13)3-5-9/h2-5,7H,6H2,1H3,(H2,14,19)(H,15,20)(H,17,18). The van der Waals surface area contributed by atoms with Crippen LogP contribution < -0.4 is 16.0 Å². The van der Waals surface area contributed by atoms with E-state index in [-0.39, 0.29) is 0 Å². The van der Waals surface area contributed by atoms with Crippen LogP contribution in [0, 0.1) is 0 Å². The molecule has 1 aromatic rings.